The minimum atomic E-state index is -0.641. The van der Waals surface area contributed by atoms with E-state index in [2.05, 4.69) is 21.2 Å². The second-order valence-corrected chi connectivity index (χ2v) is 10.8. The summed E-state index contributed by atoms with van der Waals surface area (Å²) in [6.07, 6.45) is 1.39. The molecular weight excluding hydrogens is 635 g/mol. The summed E-state index contributed by atoms with van der Waals surface area (Å²) in [5.74, 6) is -0.300. The number of allylic oxidation sites excluding steroid dienone is 1. The number of hydrogen-bond donors (Lipinski definition) is 3. The number of carbonyl (C=O) groups excluding carboxylic acids is 2. The normalized spacial score (nSPS) is 14.6. The monoisotopic (exact) mass is 660 g/mol. The molecule has 3 aromatic carbocycles. The van der Waals surface area contributed by atoms with Gasteiger partial charge in [0.15, 0.2) is 17.5 Å². The van der Waals surface area contributed by atoms with Gasteiger partial charge in [0, 0.05) is 16.3 Å². The summed E-state index contributed by atoms with van der Waals surface area (Å²) in [5.41, 5.74) is 5.38. The highest BCUT2D eigenvalue weighted by atomic mass is 35.5. The second kappa shape index (κ2) is 15.1. The Bertz CT molecular complexity index is 1560. The summed E-state index contributed by atoms with van der Waals surface area (Å²) in [6, 6.07) is 16.8. The average molecular weight is 662 g/mol. The van der Waals surface area contributed by atoms with E-state index in [1.54, 1.807) is 62.4 Å². The van der Waals surface area contributed by atoms with E-state index in [9.17, 15) is 9.59 Å². The Morgan fingerprint density at radius 3 is 2.44 bits per heavy atom. The number of thiocarbonyl (C=S) groups is 1. The van der Waals surface area contributed by atoms with Crippen molar-refractivity contribution in [3.05, 3.63) is 104 Å². The molecule has 0 unspecified atom stereocenters. The third-order valence-electron chi connectivity index (χ3n) is 6.07. The van der Waals surface area contributed by atoms with Crippen LogP contribution in [0.5, 0.6) is 11.5 Å². The quantitative estimate of drug-likeness (QED) is 0.0978. The number of esters is 1. The molecular formula is C30H27Cl3N4O5S. The molecule has 1 amide bonds. The molecule has 1 aliphatic heterocycles. The molecule has 9 nitrogen and oxygen atoms in total. The highest BCUT2D eigenvalue weighted by Gasteiger charge is 2.32. The topological polar surface area (TPSA) is 110 Å². The number of halogens is 3. The molecule has 0 bridgehead atoms. The maximum absolute atomic E-state index is 12.7. The first-order valence-electron chi connectivity index (χ1n) is 13.0. The van der Waals surface area contributed by atoms with Crippen molar-refractivity contribution in [1.82, 2.24) is 16.1 Å². The van der Waals surface area contributed by atoms with Crippen LogP contribution in [-0.2, 0) is 20.9 Å². The van der Waals surface area contributed by atoms with Gasteiger partial charge in [0.25, 0.3) is 5.91 Å². The molecule has 13 heteroatoms. The third kappa shape index (κ3) is 8.61. The molecule has 0 radical (unpaired) electrons. The zero-order valence-electron chi connectivity index (χ0n) is 23.1. The molecule has 0 fully saturated rings. The molecule has 0 saturated carbocycles. The number of nitrogens with one attached hydrogen (secondary N) is 3. The summed E-state index contributed by atoms with van der Waals surface area (Å²) in [7, 11) is 0. The Balaban J connectivity index is 1.37. The number of ether oxygens (including phenoxy) is 3. The largest absolute Gasteiger partial charge is 0.486 e. The van der Waals surface area contributed by atoms with E-state index in [4.69, 9.17) is 61.2 Å². The standard InChI is InChI=1S/C30H27Cl3N4O5S/c1-3-40-29(39)26-17(2)35-30(43)36-27(26)21-6-4-5-7-24(21)41-16-25(38)37-34-14-19-12-22(32)28(23(33)13-19)42-15-18-8-10-20(31)11-9-18/h4-14,27H,3,15-16H2,1-2H3,(H,37,38)(H2,35,36,43)/t27-/m1/s1. The number of carbonyl (C=O) groups is 2. The second-order valence-electron chi connectivity index (χ2n) is 9.14. The summed E-state index contributed by atoms with van der Waals surface area (Å²) in [4.78, 5) is 25.2. The predicted molar refractivity (Wildman–Crippen MR) is 171 cm³/mol. The Kier molecular flexibility index (Phi) is 11.2. The zero-order chi connectivity index (χ0) is 30.9. The number of hydrogen-bond acceptors (Lipinski definition) is 7. The number of hydrazone groups is 1. The minimum absolute atomic E-state index is 0.215. The molecule has 0 aromatic heterocycles. The van der Waals surface area contributed by atoms with Crippen molar-refractivity contribution in [2.75, 3.05) is 13.2 Å². The van der Waals surface area contributed by atoms with Crippen molar-refractivity contribution in [2.45, 2.75) is 26.5 Å². The van der Waals surface area contributed by atoms with Crippen molar-refractivity contribution in [1.29, 1.82) is 0 Å². The molecule has 1 atom stereocenters. The van der Waals surface area contributed by atoms with Crippen molar-refractivity contribution in [3.63, 3.8) is 0 Å². The van der Waals surface area contributed by atoms with Crippen LogP contribution in [0.3, 0.4) is 0 Å². The molecule has 224 valence electrons. The fraction of sp³-hybridized carbons (Fsp3) is 0.200. The third-order valence-corrected chi connectivity index (χ3v) is 7.11. The van der Waals surface area contributed by atoms with Crippen LogP contribution in [0.2, 0.25) is 15.1 Å². The average Bonchev–Trinajstić information content (AvgIpc) is 2.96. The van der Waals surface area contributed by atoms with Crippen molar-refractivity contribution in [3.8, 4) is 11.5 Å². The number of benzene rings is 3. The van der Waals surface area contributed by atoms with Crippen LogP contribution < -0.4 is 25.5 Å². The van der Waals surface area contributed by atoms with Crippen molar-refractivity contribution < 1.29 is 23.8 Å². The van der Waals surface area contributed by atoms with Gasteiger partial charge in [-0.25, -0.2) is 10.2 Å². The molecule has 0 aliphatic carbocycles. The lowest BCUT2D eigenvalue weighted by Gasteiger charge is -2.30. The van der Waals surface area contributed by atoms with Crippen LogP contribution in [0.25, 0.3) is 0 Å². The first-order chi connectivity index (χ1) is 20.7. The highest BCUT2D eigenvalue weighted by Crippen LogP contribution is 2.35. The van der Waals surface area contributed by atoms with Gasteiger partial charge in [-0.2, -0.15) is 5.10 Å². The molecule has 1 aliphatic rings. The summed E-state index contributed by atoms with van der Waals surface area (Å²) in [6.45, 7) is 3.59. The van der Waals surface area contributed by atoms with Crippen LogP contribution in [0.15, 0.2) is 77.0 Å². The lowest BCUT2D eigenvalue weighted by Crippen LogP contribution is -2.45. The fourth-order valence-corrected chi connectivity index (χ4v) is 5.15. The van der Waals surface area contributed by atoms with Crippen LogP contribution >= 0.6 is 47.0 Å². The van der Waals surface area contributed by atoms with Gasteiger partial charge in [-0.3, -0.25) is 4.79 Å². The maximum Gasteiger partial charge on any atom is 0.338 e. The molecule has 0 saturated heterocycles. The number of rotatable bonds is 11. The molecule has 43 heavy (non-hydrogen) atoms. The lowest BCUT2D eigenvalue weighted by atomic mass is 9.95. The van der Waals surface area contributed by atoms with Crippen molar-refractivity contribution in [2.24, 2.45) is 5.10 Å². The molecule has 0 spiro atoms. The van der Waals surface area contributed by atoms with Gasteiger partial charge < -0.3 is 24.8 Å². The van der Waals surface area contributed by atoms with Gasteiger partial charge in [0.1, 0.15) is 12.4 Å². The Morgan fingerprint density at radius 2 is 1.74 bits per heavy atom. The van der Waals surface area contributed by atoms with Gasteiger partial charge in [-0.1, -0.05) is 65.1 Å². The Hall–Kier alpha value is -3.83. The molecule has 4 rings (SSSR count). The van der Waals surface area contributed by atoms with E-state index in [1.165, 1.54) is 6.21 Å². The van der Waals surface area contributed by atoms with Crippen LogP contribution in [0, 0.1) is 0 Å². The lowest BCUT2D eigenvalue weighted by molar-refractivity contribution is -0.139. The molecule has 3 aromatic rings. The summed E-state index contributed by atoms with van der Waals surface area (Å²) < 4.78 is 16.8. The van der Waals surface area contributed by atoms with Gasteiger partial charge in [0.2, 0.25) is 0 Å². The van der Waals surface area contributed by atoms with Crippen LogP contribution in [-0.4, -0.2) is 36.4 Å². The van der Waals surface area contributed by atoms with E-state index >= 15 is 0 Å². The Morgan fingerprint density at radius 1 is 1.05 bits per heavy atom. The first kappa shape index (κ1) is 32.1. The highest BCUT2D eigenvalue weighted by molar-refractivity contribution is 7.80. The predicted octanol–water partition coefficient (Wildman–Crippen LogP) is 6.11. The van der Waals surface area contributed by atoms with Gasteiger partial charge in [0.05, 0.1) is 34.5 Å². The van der Waals surface area contributed by atoms with Crippen molar-refractivity contribution >= 4 is 70.2 Å². The van der Waals surface area contributed by atoms with Crippen LogP contribution in [0.4, 0.5) is 0 Å². The fourth-order valence-electron chi connectivity index (χ4n) is 4.14. The van der Waals surface area contributed by atoms with E-state index in [-0.39, 0.29) is 29.9 Å². The van der Waals surface area contributed by atoms with E-state index in [1.807, 2.05) is 12.1 Å². The summed E-state index contributed by atoms with van der Waals surface area (Å²) in [5, 5.41) is 11.6. The van der Waals surface area contributed by atoms with E-state index < -0.39 is 17.9 Å². The number of nitrogens with zero attached hydrogens (tertiary/aromatic N) is 1. The summed E-state index contributed by atoms with van der Waals surface area (Å²) >= 11 is 24.0. The minimum Gasteiger partial charge on any atom is -0.486 e. The maximum atomic E-state index is 12.7. The van der Waals surface area contributed by atoms with E-state index in [0.29, 0.717) is 44.0 Å². The van der Waals surface area contributed by atoms with E-state index in [0.717, 1.165) is 5.56 Å². The number of amides is 1. The number of para-hydroxylation sites is 1. The van der Waals surface area contributed by atoms with Gasteiger partial charge >= 0.3 is 5.97 Å². The smallest absolute Gasteiger partial charge is 0.338 e. The Labute approximate surface area is 269 Å². The molecule has 1 heterocycles. The zero-order valence-corrected chi connectivity index (χ0v) is 26.2. The SMILES string of the molecule is CCOC(=O)C1=C(C)NC(=S)N[C@@H]1c1ccccc1OCC(=O)NN=Cc1cc(Cl)c(OCc2ccc(Cl)cc2)c(Cl)c1. The van der Waals surface area contributed by atoms with Gasteiger partial charge in [-0.15, -0.1) is 0 Å². The van der Waals surface area contributed by atoms with Gasteiger partial charge in [-0.05, 0) is 67.5 Å². The molecule has 3 N–H and O–H groups in total. The van der Waals surface area contributed by atoms with Crippen LogP contribution in [0.1, 0.15) is 36.6 Å². The first-order valence-corrected chi connectivity index (χ1v) is 14.6.